The van der Waals surface area contributed by atoms with Crippen LogP contribution in [0.4, 0.5) is 0 Å². The van der Waals surface area contributed by atoms with Crippen molar-refractivity contribution in [3.8, 4) is 0 Å². The molecular weight excluding hydrogens is 146 g/mol. The summed E-state index contributed by atoms with van der Waals surface area (Å²) in [6.45, 7) is 9.21. The summed E-state index contributed by atoms with van der Waals surface area (Å²) in [6.07, 6.45) is 4.93. The maximum absolute atomic E-state index is 6.39. The molecule has 2 unspecified atom stereocenters. The van der Waals surface area contributed by atoms with E-state index in [1.54, 1.807) is 0 Å². The third-order valence-electron chi connectivity index (χ3n) is 3.67. The molecule has 72 valence electrons. The molecule has 0 heterocycles. The van der Waals surface area contributed by atoms with Gasteiger partial charge in [-0.3, -0.25) is 0 Å². The summed E-state index contributed by atoms with van der Waals surface area (Å²) in [5.41, 5.74) is 7.01. The van der Waals surface area contributed by atoms with Gasteiger partial charge in [0.2, 0.25) is 0 Å². The van der Waals surface area contributed by atoms with Gasteiger partial charge in [0.1, 0.15) is 0 Å². The fourth-order valence-electron chi connectivity index (χ4n) is 2.47. The summed E-state index contributed by atoms with van der Waals surface area (Å²) < 4.78 is 0. The van der Waals surface area contributed by atoms with E-state index in [0.29, 0.717) is 11.3 Å². The minimum Gasteiger partial charge on any atom is -0.325 e. The second-order valence-corrected chi connectivity index (χ2v) is 5.38. The van der Waals surface area contributed by atoms with Gasteiger partial charge in [-0.2, -0.15) is 0 Å². The highest BCUT2D eigenvalue weighted by atomic mass is 14.8. The van der Waals surface area contributed by atoms with Gasteiger partial charge in [0.05, 0.1) is 0 Å². The first-order valence-electron chi connectivity index (χ1n) is 5.18. The van der Waals surface area contributed by atoms with Gasteiger partial charge in [-0.25, -0.2) is 0 Å². The highest BCUT2D eigenvalue weighted by Crippen LogP contribution is 2.46. The van der Waals surface area contributed by atoms with Gasteiger partial charge in [-0.15, -0.1) is 0 Å². The van der Waals surface area contributed by atoms with Crippen molar-refractivity contribution in [2.75, 3.05) is 0 Å². The van der Waals surface area contributed by atoms with Crippen molar-refractivity contribution in [2.24, 2.45) is 17.1 Å². The molecule has 0 bridgehead atoms. The third-order valence-corrected chi connectivity index (χ3v) is 3.67. The Bertz CT molecular complexity index is 162. The minimum absolute atomic E-state index is 0.137. The lowest BCUT2D eigenvalue weighted by Gasteiger charge is -2.32. The van der Waals surface area contributed by atoms with Crippen molar-refractivity contribution in [1.82, 2.24) is 0 Å². The van der Waals surface area contributed by atoms with Gasteiger partial charge in [0, 0.05) is 5.54 Å². The quantitative estimate of drug-likeness (QED) is 0.675. The van der Waals surface area contributed by atoms with Gasteiger partial charge in [0.15, 0.2) is 0 Å². The Kier molecular flexibility index (Phi) is 2.53. The Morgan fingerprint density at radius 2 is 1.92 bits per heavy atom. The predicted molar refractivity (Wildman–Crippen MR) is 54.0 cm³/mol. The first kappa shape index (κ1) is 10.0. The zero-order chi connectivity index (χ0) is 9.41. The fourth-order valence-corrected chi connectivity index (χ4v) is 2.47. The summed E-state index contributed by atoms with van der Waals surface area (Å²) in [5.74, 6) is 0.680. The van der Waals surface area contributed by atoms with Gasteiger partial charge >= 0.3 is 0 Å². The molecule has 0 spiro atoms. The van der Waals surface area contributed by atoms with Crippen LogP contribution < -0.4 is 5.73 Å². The van der Waals surface area contributed by atoms with E-state index < -0.39 is 0 Å². The molecule has 1 nitrogen and oxygen atoms in total. The highest BCUT2D eigenvalue weighted by Gasteiger charge is 2.42. The van der Waals surface area contributed by atoms with Crippen LogP contribution in [-0.4, -0.2) is 5.54 Å². The molecule has 1 aliphatic carbocycles. The molecule has 1 fully saturated rings. The second-order valence-electron chi connectivity index (χ2n) is 5.38. The van der Waals surface area contributed by atoms with Crippen molar-refractivity contribution >= 4 is 0 Å². The van der Waals surface area contributed by atoms with Crippen molar-refractivity contribution in [3.63, 3.8) is 0 Å². The summed E-state index contributed by atoms with van der Waals surface area (Å²) in [6, 6.07) is 0. The van der Waals surface area contributed by atoms with Crippen LogP contribution in [0.3, 0.4) is 0 Å². The molecule has 12 heavy (non-hydrogen) atoms. The van der Waals surface area contributed by atoms with Gasteiger partial charge in [-0.05, 0) is 30.6 Å². The maximum Gasteiger partial charge on any atom is 0.0185 e. The number of nitrogens with two attached hydrogens (primary N) is 1. The lowest BCUT2D eigenvalue weighted by atomic mass is 9.80. The van der Waals surface area contributed by atoms with Crippen LogP contribution in [0.15, 0.2) is 0 Å². The number of rotatable bonds is 2. The van der Waals surface area contributed by atoms with Crippen LogP contribution >= 0.6 is 0 Å². The van der Waals surface area contributed by atoms with E-state index in [0.717, 1.165) is 0 Å². The summed E-state index contributed by atoms with van der Waals surface area (Å²) in [4.78, 5) is 0. The summed E-state index contributed by atoms with van der Waals surface area (Å²) in [5, 5.41) is 0. The van der Waals surface area contributed by atoms with Crippen molar-refractivity contribution in [3.05, 3.63) is 0 Å². The summed E-state index contributed by atoms with van der Waals surface area (Å²) >= 11 is 0. The van der Waals surface area contributed by atoms with Crippen LogP contribution in [0.25, 0.3) is 0 Å². The molecular formula is C11H23N. The lowest BCUT2D eigenvalue weighted by Crippen LogP contribution is -2.43. The first-order chi connectivity index (χ1) is 5.40. The lowest BCUT2D eigenvalue weighted by molar-refractivity contribution is 0.255. The molecule has 0 saturated heterocycles. The molecule has 1 aliphatic rings. The Morgan fingerprint density at radius 1 is 1.33 bits per heavy atom. The highest BCUT2D eigenvalue weighted by molar-refractivity contribution is 4.99. The van der Waals surface area contributed by atoms with Crippen molar-refractivity contribution in [1.29, 1.82) is 0 Å². The SMILES string of the molecule is CCC(C)C1(N)CCC(C)(C)C1. The number of hydrogen-bond acceptors (Lipinski definition) is 1. The normalized spacial score (nSPS) is 36.8. The average molecular weight is 169 g/mol. The zero-order valence-corrected chi connectivity index (χ0v) is 8.98. The van der Waals surface area contributed by atoms with Crippen LogP contribution in [-0.2, 0) is 0 Å². The maximum atomic E-state index is 6.39. The van der Waals surface area contributed by atoms with E-state index in [9.17, 15) is 0 Å². The molecule has 0 aromatic carbocycles. The molecule has 1 heteroatoms. The molecule has 0 amide bonds. The molecule has 0 aromatic rings. The predicted octanol–water partition coefficient (Wildman–Crippen LogP) is 2.94. The molecule has 0 radical (unpaired) electrons. The largest absolute Gasteiger partial charge is 0.325 e. The van der Waals surface area contributed by atoms with Crippen molar-refractivity contribution < 1.29 is 0 Å². The Hall–Kier alpha value is -0.0400. The minimum atomic E-state index is 0.137. The summed E-state index contributed by atoms with van der Waals surface area (Å²) in [7, 11) is 0. The van der Waals surface area contributed by atoms with E-state index in [-0.39, 0.29) is 5.54 Å². The molecule has 0 aliphatic heterocycles. The van der Waals surface area contributed by atoms with E-state index >= 15 is 0 Å². The molecule has 2 N–H and O–H groups in total. The fraction of sp³-hybridized carbons (Fsp3) is 1.00. The van der Waals surface area contributed by atoms with Gasteiger partial charge in [0.25, 0.3) is 0 Å². The van der Waals surface area contributed by atoms with E-state index in [1.807, 2.05) is 0 Å². The first-order valence-corrected chi connectivity index (χ1v) is 5.18. The van der Waals surface area contributed by atoms with Crippen LogP contribution in [0, 0.1) is 11.3 Å². The molecule has 1 rings (SSSR count). The van der Waals surface area contributed by atoms with Crippen LogP contribution in [0.5, 0.6) is 0 Å². The van der Waals surface area contributed by atoms with E-state index in [2.05, 4.69) is 27.7 Å². The Balaban J connectivity index is 2.64. The Morgan fingerprint density at radius 3 is 2.25 bits per heavy atom. The van der Waals surface area contributed by atoms with E-state index in [4.69, 9.17) is 5.73 Å². The monoisotopic (exact) mass is 169 g/mol. The number of hydrogen-bond donors (Lipinski definition) is 1. The van der Waals surface area contributed by atoms with Gasteiger partial charge < -0.3 is 5.73 Å². The van der Waals surface area contributed by atoms with E-state index in [1.165, 1.54) is 25.7 Å². The van der Waals surface area contributed by atoms with Crippen LogP contribution in [0.1, 0.15) is 53.4 Å². The standard InChI is InChI=1S/C11H23N/c1-5-9(2)11(12)7-6-10(3,4)8-11/h9H,5-8,12H2,1-4H3. The molecule has 0 aromatic heterocycles. The zero-order valence-electron chi connectivity index (χ0n) is 8.98. The van der Waals surface area contributed by atoms with Crippen LogP contribution in [0.2, 0.25) is 0 Å². The second kappa shape index (κ2) is 3.02. The van der Waals surface area contributed by atoms with Crippen molar-refractivity contribution in [2.45, 2.75) is 58.9 Å². The van der Waals surface area contributed by atoms with Gasteiger partial charge in [-0.1, -0.05) is 34.1 Å². The molecule has 1 saturated carbocycles. The molecule has 2 atom stereocenters. The third kappa shape index (κ3) is 1.82. The average Bonchev–Trinajstić information content (AvgIpc) is 2.25. The smallest absolute Gasteiger partial charge is 0.0185 e. The topological polar surface area (TPSA) is 26.0 Å². The Labute approximate surface area is 76.7 Å².